The van der Waals surface area contributed by atoms with E-state index in [1.54, 1.807) is 6.92 Å². The first-order valence-corrected chi connectivity index (χ1v) is 6.20. The molecule has 0 spiro atoms. The van der Waals surface area contributed by atoms with Crippen molar-refractivity contribution < 1.29 is 24.5 Å². The molecule has 0 radical (unpaired) electrons. The number of ether oxygens (including phenoxy) is 1. The van der Waals surface area contributed by atoms with E-state index in [-0.39, 0.29) is 23.6 Å². The monoisotopic (exact) mass is 301 g/mol. The zero-order valence-corrected chi connectivity index (χ0v) is 12.1. The van der Waals surface area contributed by atoms with Crippen LogP contribution in [0.2, 0.25) is 5.02 Å². The number of Topliss-reactive ketones (excluding diaryl/α,β-unsaturated/α-hetero) is 1. The van der Waals surface area contributed by atoms with Crippen LogP contribution in [0.15, 0.2) is 6.07 Å². The second-order valence-corrected chi connectivity index (χ2v) is 4.64. The molecular formula is C13H16ClNO5. The molecule has 0 aliphatic rings. The molecule has 1 aromatic carbocycles. The lowest BCUT2D eigenvalue weighted by Gasteiger charge is -2.20. The van der Waals surface area contributed by atoms with Crippen molar-refractivity contribution in [3.63, 3.8) is 0 Å². The van der Waals surface area contributed by atoms with E-state index in [1.165, 1.54) is 20.1 Å². The van der Waals surface area contributed by atoms with E-state index in [1.807, 2.05) is 0 Å². The Labute approximate surface area is 121 Å². The third-order valence-electron chi connectivity index (χ3n) is 2.89. The molecule has 0 saturated heterocycles. The summed E-state index contributed by atoms with van der Waals surface area (Å²) in [4.78, 5) is 22.1. The Morgan fingerprint density at radius 1 is 1.50 bits per heavy atom. The number of carbonyl (C=O) groups is 2. The Balaban J connectivity index is 3.35. The van der Waals surface area contributed by atoms with Gasteiger partial charge in [-0.3, -0.25) is 4.79 Å². The number of aliphatic hydroxyl groups excluding tert-OH is 1. The molecule has 1 rings (SSSR count). The Morgan fingerprint density at radius 2 is 2.10 bits per heavy atom. The fourth-order valence-corrected chi connectivity index (χ4v) is 2.12. The van der Waals surface area contributed by atoms with E-state index in [2.05, 4.69) is 5.32 Å². The molecule has 1 atom stereocenters. The van der Waals surface area contributed by atoms with Crippen molar-refractivity contribution >= 4 is 23.5 Å². The minimum atomic E-state index is -1.26. The third-order valence-corrected chi connectivity index (χ3v) is 3.28. The van der Waals surface area contributed by atoms with Gasteiger partial charge in [0, 0.05) is 10.6 Å². The topological polar surface area (TPSA) is 95.9 Å². The van der Waals surface area contributed by atoms with E-state index in [4.69, 9.17) is 21.4 Å². The van der Waals surface area contributed by atoms with Gasteiger partial charge in [0.25, 0.3) is 0 Å². The van der Waals surface area contributed by atoms with E-state index in [0.29, 0.717) is 16.1 Å². The lowest BCUT2D eigenvalue weighted by atomic mass is 9.96. The molecule has 0 aliphatic carbocycles. The molecule has 0 fully saturated rings. The summed E-state index contributed by atoms with van der Waals surface area (Å²) in [6.45, 7) is 2.79. The fourth-order valence-electron chi connectivity index (χ4n) is 1.91. The fraction of sp³-hybridized carbons (Fsp3) is 0.385. The summed E-state index contributed by atoms with van der Waals surface area (Å²) < 4.78 is 5.19. The van der Waals surface area contributed by atoms with Crippen molar-refractivity contribution in [2.75, 3.05) is 13.7 Å². The van der Waals surface area contributed by atoms with Gasteiger partial charge in [-0.1, -0.05) is 11.6 Å². The van der Waals surface area contributed by atoms with Crippen LogP contribution in [0, 0.1) is 6.92 Å². The first-order chi connectivity index (χ1) is 9.29. The molecule has 0 aliphatic heterocycles. The third kappa shape index (κ3) is 3.40. The summed E-state index contributed by atoms with van der Waals surface area (Å²) in [5, 5.41) is 21.1. The second-order valence-electron chi connectivity index (χ2n) is 4.24. The van der Waals surface area contributed by atoms with Crippen molar-refractivity contribution in [3.05, 3.63) is 27.8 Å². The highest BCUT2D eigenvalue weighted by Gasteiger charge is 2.23. The van der Waals surface area contributed by atoms with Gasteiger partial charge in [-0.05, 0) is 25.5 Å². The van der Waals surface area contributed by atoms with Crippen molar-refractivity contribution in [2.24, 2.45) is 0 Å². The number of hydrogen-bond donors (Lipinski definition) is 3. The van der Waals surface area contributed by atoms with E-state index in [0.717, 1.165) is 0 Å². The van der Waals surface area contributed by atoms with Crippen molar-refractivity contribution in [1.82, 2.24) is 5.32 Å². The summed E-state index contributed by atoms with van der Waals surface area (Å²) in [6.07, 6.45) is -2.42. The number of carboxylic acid groups (broad SMARTS) is 1. The lowest BCUT2D eigenvalue weighted by Crippen LogP contribution is -2.27. The van der Waals surface area contributed by atoms with Crippen molar-refractivity contribution in [1.29, 1.82) is 0 Å². The molecule has 0 bridgehead atoms. The van der Waals surface area contributed by atoms with E-state index in [9.17, 15) is 14.7 Å². The standard InChI is InChI=1S/C13H16ClNO5/c1-6-9(14)4-8(7(2)16)12(20-3)11(6)10(17)5-15-13(18)19/h4,10,15,17H,5H2,1-3H3,(H,18,19). The average Bonchev–Trinajstić information content (AvgIpc) is 2.37. The Bertz CT molecular complexity index is 544. The van der Waals surface area contributed by atoms with Crippen molar-refractivity contribution in [3.8, 4) is 5.75 Å². The van der Waals surface area contributed by atoms with Gasteiger partial charge in [0.1, 0.15) is 11.9 Å². The molecule has 7 heteroatoms. The average molecular weight is 302 g/mol. The summed E-state index contributed by atoms with van der Waals surface area (Å²) >= 11 is 6.04. The number of benzene rings is 1. The molecule has 1 amide bonds. The molecule has 0 saturated carbocycles. The van der Waals surface area contributed by atoms with Crippen molar-refractivity contribution in [2.45, 2.75) is 20.0 Å². The van der Waals surface area contributed by atoms with Gasteiger partial charge in [-0.2, -0.15) is 0 Å². The number of hydrogen-bond acceptors (Lipinski definition) is 4. The van der Waals surface area contributed by atoms with Crippen LogP contribution in [0.1, 0.15) is 34.5 Å². The molecule has 0 aromatic heterocycles. The van der Waals surface area contributed by atoms with Gasteiger partial charge in [-0.15, -0.1) is 0 Å². The molecule has 110 valence electrons. The number of nitrogens with one attached hydrogen (secondary N) is 1. The van der Waals surface area contributed by atoms with E-state index >= 15 is 0 Å². The first kappa shape index (κ1) is 16.3. The van der Waals surface area contributed by atoms with E-state index < -0.39 is 12.2 Å². The molecule has 20 heavy (non-hydrogen) atoms. The Hall–Kier alpha value is -1.79. The van der Waals surface area contributed by atoms with Crippen LogP contribution in [0.3, 0.4) is 0 Å². The zero-order chi connectivity index (χ0) is 15.4. The normalized spacial score (nSPS) is 11.8. The highest BCUT2D eigenvalue weighted by atomic mass is 35.5. The van der Waals surface area contributed by atoms with Gasteiger partial charge in [0.2, 0.25) is 0 Å². The minimum Gasteiger partial charge on any atom is -0.496 e. The summed E-state index contributed by atoms with van der Waals surface area (Å²) in [5.41, 5.74) is 1.08. The highest BCUT2D eigenvalue weighted by molar-refractivity contribution is 6.32. The van der Waals surface area contributed by atoms with Crippen LogP contribution >= 0.6 is 11.6 Å². The summed E-state index contributed by atoms with van der Waals surface area (Å²) in [7, 11) is 1.37. The highest BCUT2D eigenvalue weighted by Crippen LogP contribution is 2.36. The van der Waals surface area contributed by atoms with Crippen LogP contribution in [0.5, 0.6) is 5.75 Å². The summed E-state index contributed by atoms with van der Waals surface area (Å²) in [6, 6.07) is 1.47. The molecular weight excluding hydrogens is 286 g/mol. The number of aliphatic hydroxyl groups is 1. The van der Waals surface area contributed by atoms with Gasteiger partial charge < -0.3 is 20.3 Å². The van der Waals surface area contributed by atoms with Crippen LogP contribution in [-0.4, -0.2) is 35.7 Å². The maximum Gasteiger partial charge on any atom is 0.404 e. The largest absolute Gasteiger partial charge is 0.496 e. The molecule has 3 N–H and O–H groups in total. The Kier molecular flexibility index (Phi) is 5.35. The SMILES string of the molecule is COc1c(C(C)=O)cc(Cl)c(C)c1C(O)CNC(=O)O. The number of carbonyl (C=O) groups excluding carboxylic acids is 1. The molecule has 6 nitrogen and oxygen atoms in total. The molecule has 0 heterocycles. The minimum absolute atomic E-state index is 0.207. The zero-order valence-electron chi connectivity index (χ0n) is 11.4. The predicted molar refractivity (Wildman–Crippen MR) is 73.7 cm³/mol. The van der Waals surface area contributed by atoms with Crippen LogP contribution in [-0.2, 0) is 0 Å². The first-order valence-electron chi connectivity index (χ1n) is 5.82. The van der Waals surface area contributed by atoms with Crippen LogP contribution in [0.25, 0.3) is 0 Å². The van der Waals surface area contributed by atoms with Gasteiger partial charge >= 0.3 is 6.09 Å². The smallest absolute Gasteiger partial charge is 0.404 e. The number of amides is 1. The number of rotatable bonds is 5. The maximum absolute atomic E-state index is 11.6. The number of halogens is 1. The second kappa shape index (κ2) is 6.58. The Morgan fingerprint density at radius 3 is 2.55 bits per heavy atom. The van der Waals surface area contributed by atoms with Crippen LogP contribution in [0.4, 0.5) is 4.79 Å². The number of methoxy groups -OCH3 is 1. The molecule has 1 unspecified atom stereocenters. The number of ketones is 1. The lowest BCUT2D eigenvalue weighted by molar-refractivity contribution is 0.101. The van der Waals surface area contributed by atoms with Gasteiger partial charge in [0.15, 0.2) is 5.78 Å². The van der Waals surface area contributed by atoms with Gasteiger partial charge in [-0.25, -0.2) is 4.79 Å². The van der Waals surface area contributed by atoms with Crippen LogP contribution < -0.4 is 10.1 Å². The maximum atomic E-state index is 11.6. The summed E-state index contributed by atoms with van der Waals surface area (Å²) in [5.74, 6) is -0.0533. The molecule has 1 aromatic rings. The predicted octanol–water partition coefficient (Wildman–Crippen LogP) is 2.16. The quantitative estimate of drug-likeness (QED) is 0.724. The van der Waals surface area contributed by atoms with Gasteiger partial charge in [0.05, 0.1) is 19.2 Å².